The largest absolute Gasteiger partial charge is 0.493 e. The second-order valence-corrected chi connectivity index (χ2v) is 5.06. The molecular weight excluding hydrogens is 284 g/mol. The number of methoxy groups -OCH3 is 1. The number of hydrogen-bond acceptors (Lipinski definition) is 5. The number of aromatic nitrogens is 1. The molecule has 0 aliphatic rings. The lowest BCUT2D eigenvalue weighted by molar-refractivity contribution is 0.0898. The Labute approximate surface area is 127 Å². The first-order chi connectivity index (χ1) is 10.6. The van der Waals surface area contributed by atoms with Crippen LogP contribution in [0.3, 0.4) is 0 Å². The van der Waals surface area contributed by atoms with Gasteiger partial charge in [0.1, 0.15) is 5.76 Å². The number of nitrogens with one attached hydrogen (secondary N) is 1. The molecule has 0 radical (unpaired) electrons. The van der Waals surface area contributed by atoms with Crippen molar-refractivity contribution >= 4 is 16.9 Å². The maximum atomic E-state index is 12.1. The summed E-state index contributed by atoms with van der Waals surface area (Å²) in [6, 6.07) is 8.81. The highest BCUT2D eigenvalue weighted by Gasteiger charge is 2.19. The molecule has 0 aliphatic heterocycles. The molecule has 0 fully saturated rings. The minimum Gasteiger partial charge on any atom is -0.493 e. The Morgan fingerprint density at radius 3 is 2.86 bits per heavy atom. The van der Waals surface area contributed by atoms with Crippen molar-refractivity contribution in [1.29, 1.82) is 0 Å². The van der Waals surface area contributed by atoms with Crippen molar-refractivity contribution in [3.05, 3.63) is 47.5 Å². The molecular formula is C16H16N2O4. The van der Waals surface area contributed by atoms with Crippen LogP contribution in [0.2, 0.25) is 0 Å². The van der Waals surface area contributed by atoms with Crippen LogP contribution >= 0.6 is 0 Å². The second-order valence-electron chi connectivity index (χ2n) is 5.06. The van der Waals surface area contributed by atoms with Crippen molar-refractivity contribution in [2.24, 2.45) is 0 Å². The van der Waals surface area contributed by atoms with Gasteiger partial charge in [-0.3, -0.25) is 4.79 Å². The average Bonchev–Trinajstić information content (AvgIpc) is 3.12. The number of fused-ring (bicyclic) bond motifs is 1. The van der Waals surface area contributed by atoms with Gasteiger partial charge in [0.25, 0.3) is 5.91 Å². The van der Waals surface area contributed by atoms with Crippen LogP contribution in [0.4, 0.5) is 0 Å². The number of furan rings is 1. The number of hydrogen-bond donors (Lipinski definition) is 1. The lowest BCUT2D eigenvalue weighted by Gasteiger charge is -2.09. The van der Waals surface area contributed by atoms with E-state index in [2.05, 4.69) is 10.5 Å². The summed E-state index contributed by atoms with van der Waals surface area (Å²) in [5.41, 5.74) is 1.32. The Hall–Kier alpha value is -2.76. The van der Waals surface area contributed by atoms with Gasteiger partial charge in [-0.05, 0) is 26.0 Å². The standard InChI is InChI=1S/C16H16N2O4/c1-9-7-14(22-18-9)16(19)17-10(2)13-8-11-5-4-6-12(20-3)15(11)21-13/h4-8,10H,1-3H3,(H,17,19)/t10-/m1/s1. The monoisotopic (exact) mass is 300 g/mol. The molecule has 0 saturated carbocycles. The Kier molecular flexibility index (Phi) is 3.58. The van der Waals surface area contributed by atoms with Gasteiger partial charge in [0.05, 0.1) is 18.8 Å². The zero-order valence-corrected chi connectivity index (χ0v) is 12.5. The van der Waals surface area contributed by atoms with Crippen LogP contribution in [0.15, 0.2) is 39.3 Å². The third kappa shape index (κ3) is 2.55. The second kappa shape index (κ2) is 5.55. The number of amides is 1. The number of para-hydroxylation sites is 1. The molecule has 2 aromatic heterocycles. The predicted molar refractivity (Wildman–Crippen MR) is 79.9 cm³/mol. The Balaban J connectivity index is 1.83. The summed E-state index contributed by atoms with van der Waals surface area (Å²) >= 11 is 0. The molecule has 0 aliphatic carbocycles. The summed E-state index contributed by atoms with van der Waals surface area (Å²) < 4.78 is 16.0. The molecule has 3 rings (SSSR count). The van der Waals surface area contributed by atoms with Crippen molar-refractivity contribution in [2.45, 2.75) is 19.9 Å². The molecule has 0 bridgehead atoms. The van der Waals surface area contributed by atoms with E-state index >= 15 is 0 Å². The number of carbonyl (C=O) groups is 1. The molecule has 0 spiro atoms. The summed E-state index contributed by atoms with van der Waals surface area (Å²) in [5.74, 6) is 1.15. The van der Waals surface area contributed by atoms with Crippen LogP contribution in [0.25, 0.3) is 11.0 Å². The maximum Gasteiger partial charge on any atom is 0.290 e. The first-order valence-corrected chi connectivity index (χ1v) is 6.89. The topological polar surface area (TPSA) is 77.5 Å². The zero-order valence-electron chi connectivity index (χ0n) is 12.5. The van der Waals surface area contributed by atoms with Crippen molar-refractivity contribution in [2.75, 3.05) is 7.11 Å². The Bertz CT molecular complexity index is 819. The van der Waals surface area contributed by atoms with E-state index in [1.807, 2.05) is 31.2 Å². The number of aryl methyl sites for hydroxylation is 1. The van der Waals surface area contributed by atoms with Crippen LogP contribution in [0.5, 0.6) is 5.75 Å². The molecule has 3 aromatic rings. The van der Waals surface area contributed by atoms with Gasteiger partial charge >= 0.3 is 0 Å². The van der Waals surface area contributed by atoms with Gasteiger partial charge in [-0.1, -0.05) is 17.3 Å². The number of rotatable bonds is 4. The first kappa shape index (κ1) is 14.2. The number of carbonyl (C=O) groups excluding carboxylic acids is 1. The fourth-order valence-corrected chi connectivity index (χ4v) is 2.24. The normalized spacial score (nSPS) is 12.3. The van der Waals surface area contributed by atoms with Crippen molar-refractivity contribution in [1.82, 2.24) is 10.5 Å². The van der Waals surface area contributed by atoms with Gasteiger partial charge in [0, 0.05) is 11.5 Å². The van der Waals surface area contributed by atoms with Gasteiger partial charge in [-0.25, -0.2) is 0 Å². The van der Waals surface area contributed by atoms with Crippen LogP contribution in [0.1, 0.15) is 35.0 Å². The fourth-order valence-electron chi connectivity index (χ4n) is 2.24. The lowest BCUT2D eigenvalue weighted by Crippen LogP contribution is -2.25. The molecule has 2 heterocycles. The minimum absolute atomic E-state index is 0.179. The molecule has 114 valence electrons. The van der Waals surface area contributed by atoms with Gasteiger partial charge in [-0.15, -0.1) is 0 Å². The third-order valence-electron chi connectivity index (χ3n) is 3.37. The van der Waals surface area contributed by atoms with E-state index in [-0.39, 0.29) is 17.7 Å². The molecule has 0 saturated heterocycles. The van der Waals surface area contributed by atoms with Crippen molar-refractivity contribution < 1.29 is 18.5 Å². The van der Waals surface area contributed by atoms with Gasteiger partial charge < -0.3 is 19.0 Å². The Morgan fingerprint density at radius 2 is 2.18 bits per heavy atom. The minimum atomic E-state index is -0.333. The van der Waals surface area contributed by atoms with Crippen LogP contribution in [-0.2, 0) is 0 Å². The van der Waals surface area contributed by atoms with Gasteiger partial charge in [0.15, 0.2) is 11.3 Å². The molecule has 0 unspecified atom stereocenters. The molecule has 1 aromatic carbocycles. The highest BCUT2D eigenvalue weighted by Crippen LogP contribution is 2.30. The number of nitrogens with zero attached hydrogens (tertiary/aromatic N) is 1. The Morgan fingerprint density at radius 1 is 1.36 bits per heavy atom. The van der Waals surface area contributed by atoms with E-state index in [9.17, 15) is 4.79 Å². The van der Waals surface area contributed by atoms with Crippen LogP contribution < -0.4 is 10.1 Å². The van der Waals surface area contributed by atoms with Crippen molar-refractivity contribution in [3.63, 3.8) is 0 Å². The molecule has 1 N–H and O–H groups in total. The zero-order chi connectivity index (χ0) is 15.7. The van der Waals surface area contributed by atoms with Crippen LogP contribution in [-0.4, -0.2) is 18.2 Å². The quantitative estimate of drug-likeness (QED) is 0.800. The average molecular weight is 300 g/mol. The van der Waals surface area contributed by atoms with Crippen LogP contribution in [0, 0.1) is 6.92 Å². The highest BCUT2D eigenvalue weighted by molar-refractivity contribution is 5.91. The third-order valence-corrected chi connectivity index (χ3v) is 3.37. The van der Waals surface area contributed by atoms with Gasteiger partial charge in [-0.2, -0.15) is 0 Å². The predicted octanol–water partition coefficient (Wildman–Crippen LogP) is 3.23. The van der Waals surface area contributed by atoms with Gasteiger partial charge in [0.2, 0.25) is 5.76 Å². The smallest absolute Gasteiger partial charge is 0.290 e. The molecule has 6 nitrogen and oxygen atoms in total. The summed E-state index contributed by atoms with van der Waals surface area (Å²) in [6.07, 6.45) is 0. The van der Waals surface area contributed by atoms with E-state index in [0.717, 1.165) is 5.39 Å². The summed E-state index contributed by atoms with van der Waals surface area (Å²) in [4.78, 5) is 12.1. The van der Waals surface area contributed by atoms with E-state index < -0.39 is 0 Å². The summed E-state index contributed by atoms with van der Waals surface area (Å²) in [6.45, 7) is 3.60. The molecule has 22 heavy (non-hydrogen) atoms. The van der Waals surface area contributed by atoms with E-state index in [1.165, 1.54) is 0 Å². The maximum absolute atomic E-state index is 12.1. The highest BCUT2D eigenvalue weighted by atomic mass is 16.5. The fraction of sp³-hybridized carbons (Fsp3) is 0.250. The van der Waals surface area contributed by atoms with E-state index in [0.29, 0.717) is 22.8 Å². The van der Waals surface area contributed by atoms with Crippen molar-refractivity contribution in [3.8, 4) is 5.75 Å². The molecule has 1 atom stereocenters. The summed E-state index contributed by atoms with van der Waals surface area (Å²) in [7, 11) is 1.59. The number of ether oxygens (including phenoxy) is 1. The van der Waals surface area contributed by atoms with E-state index in [1.54, 1.807) is 20.1 Å². The SMILES string of the molecule is COc1cccc2cc([C@@H](C)NC(=O)c3cc(C)no3)oc12. The first-order valence-electron chi connectivity index (χ1n) is 6.89. The number of benzene rings is 1. The molecule has 1 amide bonds. The summed E-state index contributed by atoms with van der Waals surface area (Å²) in [5, 5.41) is 7.44. The lowest BCUT2D eigenvalue weighted by atomic mass is 10.2. The van der Waals surface area contributed by atoms with E-state index in [4.69, 9.17) is 13.7 Å². The molecule has 6 heteroatoms.